The van der Waals surface area contributed by atoms with E-state index < -0.39 is 0 Å². The first-order valence-corrected chi connectivity index (χ1v) is 12.2. The Morgan fingerprint density at radius 2 is 2.16 bits per heavy atom. The van der Waals surface area contributed by atoms with E-state index in [4.69, 9.17) is 5.26 Å². The van der Waals surface area contributed by atoms with Gasteiger partial charge in [-0.2, -0.15) is 5.26 Å². The highest BCUT2D eigenvalue weighted by atomic mass is 32.1. The lowest BCUT2D eigenvalue weighted by molar-refractivity contribution is 0.0943. The summed E-state index contributed by atoms with van der Waals surface area (Å²) in [5.41, 5.74) is 1.30. The molecule has 32 heavy (non-hydrogen) atoms. The van der Waals surface area contributed by atoms with Crippen LogP contribution in [-0.4, -0.2) is 69.9 Å². The lowest BCUT2D eigenvalue weighted by Gasteiger charge is -2.23. The maximum absolute atomic E-state index is 12.5. The largest absolute Gasteiger partial charge is 0.349 e. The summed E-state index contributed by atoms with van der Waals surface area (Å²) in [6.45, 7) is 2.76. The molecule has 0 bridgehead atoms. The Morgan fingerprint density at radius 1 is 1.31 bits per heavy atom. The van der Waals surface area contributed by atoms with Crippen molar-refractivity contribution in [2.24, 2.45) is 0 Å². The molecule has 0 radical (unpaired) electrons. The molecule has 10 heteroatoms. The van der Waals surface area contributed by atoms with Crippen molar-refractivity contribution in [3.63, 3.8) is 0 Å². The van der Waals surface area contributed by atoms with Crippen molar-refractivity contribution in [1.29, 1.82) is 5.26 Å². The third-order valence-electron chi connectivity index (χ3n) is 6.31. The Bertz CT molecular complexity index is 951. The van der Waals surface area contributed by atoms with Gasteiger partial charge in [0.25, 0.3) is 5.91 Å². The number of aromatic nitrogens is 3. The first-order chi connectivity index (χ1) is 15.6. The van der Waals surface area contributed by atoms with E-state index in [1.54, 1.807) is 11.6 Å². The minimum absolute atomic E-state index is 0.137. The second-order valence-corrected chi connectivity index (χ2v) is 9.29. The molecule has 2 aromatic rings. The van der Waals surface area contributed by atoms with Crippen molar-refractivity contribution in [3.8, 4) is 6.07 Å². The minimum Gasteiger partial charge on any atom is -0.349 e. The van der Waals surface area contributed by atoms with E-state index in [-0.39, 0.29) is 11.9 Å². The number of hydrogen-bond acceptors (Lipinski definition) is 9. The van der Waals surface area contributed by atoms with E-state index in [0.29, 0.717) is 35.9 Å². The standard InChI is InChI=1S/C22H30N8OS/c1-29(16-5-2-3-6-16)14-11-24-20(31)18-15-32-22(27-18)28-21-25-10-8-17(26-21)19-7-4-12-30(19)13-9-23/h8,10,15-16,19H,2-7,11-14H2,1H3,(H,24,31)(H,25,26,27,28). The molecule has 3 heterocycles. The Balaban J connectivity index is 1.30. The SMILES string of the molecule is CN(CCNC(=O)c1csc(Nc2nccc(C3CCCN3CC#N)n2)n1)C1CCCC1. The molecular weight excluding hydrogens is 424 g/mol. The second kappa shape index (κ2) is 10.8. The molecular formula is C22H30N8OS. The van der Waals surface area contributed by atoms with Gasteiger partial charge in [0.15, 0.2) is 5.13 Å². The van der Waals surface area contributed by atoms with E-state index in [1.807, 2.05) is 6.07 Å². The first kappa shape index (κ1) is 22.6. The molecule has 1 saturated heterocycles. The van der Waals surface area contributed by atoms with Crippen LogP contribution in [0, 0.1) is 11.3 Å². The Hall–Kier alpha value is -2.61. The molecule has 0 spiro atoms. The summed E-state index contributed by atoms with van der Waals surface area (Å²) in [5.74, 6) is 0.285. The van der Waals surface area contributed by atoms with Crippen LogP contribution in [0.2, 0.25) is 0 Å². The number of rotatable bonds is 9. The van der Waals surface area contributed by atoms with E-state index in [1.165, 1.54) is 37.0 Å². The summed E-state index contributed by atoms with van der Waals surface area (Å²) in [6, 6.07) is 4.91. The van der Waals surface area contributed by atoms with Crippen molar-refractivity contribution >= 4 is 28.3 Å². The fraction of sp³-hybridized carbons (Fsp3) is 0.591. The van der Waals surface area contributed by atoms with Crippen LogP contribution in [0.15, 0.2) is 17.6 Å². The molecule has 4 rings (SSSR count). The van der Waals surface area contributed by atoms with E-state index in [9.17, 15) is 4.79 Å². The van der Waals surface area contributed by atoms with Gasteiger partial charge in [-0.1, -0.05) is 12.8 Å². The predicted molar refractivity (Wildman–Crippen MR) is 124 cm³/mol. The van der Waals surface area contributed by atoms with Crippen LogP contribution in [0.1, 0.15) is 60.7 Å². The monoisotopic (exact) mass is 454 g/mol. The molecule has 1 unspecified atom stereocenters. The van der Waals surface area contributed by atoms with Crippen LogP contribution in [0.4, 0.5) is 11.1 Å². The predicted octanol–water partition coefficient (Wildman–Crippen LogP) is 2.94. The van der Waals surface area contributed by atoms with Crippen molar-refractivity contribution in [2.75, 3.05) is 38.5 Å². The summed E-state index contributed by atoms with van der Waals surface area (Å²) in [7, 11) is 2.13. The summed E-state index contributed by atoms with van der Waals surface area (Å²) < 4.78 is 0. The Morgan fingerprint density at radius 3 is 2.97 bits per heavy atom. The first-order valence-electron chi connectivity index (χ1n) is 11.3. The topological polar surface area (TPSA) is 110 Å². The van der Waals surface area contributed by atoms with Gasteiger partial charge in [-0.3, -0.25) is 9.69 Å². The number of thiazole rings is 1. The third-order valence-corrected chi connectivity index (χ3v) is 7.07. The van der Waals surface area contributed by atoms with Crippen LogP contribution in [0.25, 0.3) is 0 Å². The lowest BCUT2D eigenvalue weighted by atomic mass is 10.1. The van der Waals surface area contributed by atoms with E-state index in [2.05, 4.69) is 48.5 Å². The van der Waals surface area contributed by atoms with Crippen molar-refractivity contribution in [3.05, 3.63) is 29.0 Å². The molecule has 1 aliphatic heterocycles. The van der Waals surface area contributed by atoms with Crippen molar-refractivity contribution < 1.29 is 4.79 Å². The number of amides is 1. The lowest BCUT2D eigenvalue weighted by Crippen LogP contribution is -2.37. The summed E-state index contributed by atoms with van der Waals surface area (Å²) in [4.78, 5) is 30.3. The smallest absolute Gasteiger partial charge is 0.270 e. The summed E-state index contributed by atoms with van der Waals surface area (Å²) in [6.07, 6.45) is 8.88. The molecule has 1 saturated carbocycles. The zero-order chi connectivity index (χ0) is 22.3. The normalized spacial score (nSPS) is 19.3. The van der Waals surface area contributed by atoms with Crippen LogP contribution < -0.4 is 10.6 Å². The van der Waals surface area contributed by atoms with Gasteiger partial charge in [0, 0.05) is 30.7 Å². The molecule has 1 atom stereocenters. The zero-order valence-electron chi connectivity index (χ0n) is 18.5. The number of nitrogens with one attached hydrogen (secondary N) is 2. The van der Waals surface area contributed by atoms with Gasteiger partial charge < -0.3 is 15.5 Å². The molecule has 1 amide bonds. The van der Waals surface area contributed by atoms with Gasteiger partial charge in [0.05, 0.1) is 24.3 Å². The van der Waals surface area contributed by atoms with Crippen molar-refractivity contribution in [1.82, 2.24) is 30.1 Å². The molecule has 2 aromatic heterocycles. The summed E-state index contributed by atoms with van der Waals surface area (Å²) >= 11 is 1.35. The number of carbonyl (C=O) groups is 1. The number of anilines is 2. The molecule has 2 aliphatic rings. The van der Waals surface area contributed by atoms with Crippen LogP contribution in [0.5, 0.6) is 0 Å². The van der Waals surface area contributed by atoms with E-state index in [0.717, 1.165) is 31.6 Å². The fourth-order valence-corrected chi connectivity index (χ4v) is 5.24. The number of likely N-dealkylation sites (N-methyl/N-ethyl adjacent to an activating group) is 1. The van der Waals surface area contributed by atoms with Gasteiger partial charge in [-0.15, -0.1) is 11.3 Å². The van der Waals surface area contributed by atoms with Crippen LogP contribution in [-0.2, 0) is 0 Å². The molecule has 2 N–H and O–H groups in total. The van der Waals surface area contributed by atoms with Gasteiger partial charge in [-0.25, -0.2) is 15.0 Å². The molecule has 170 valence electrons. The molecule has 1 aliphatic carbocycles. The highest BCUT2D eigenvalue weighted by Gasteiger charge is 2.27. The van der Waals surface area contributed by atoms with Gasteiger partial charge in [-0.05, 0) is 45.3 Å². The van der Waals surface area contributed by atoms with E-state index >= 15 is 0 Å². The number of hydrogen-bond donors (Lipinski definition) is 2. The quantitative estimate of drug-likeness (QED) is 0.557. The molecule has 0 aromatic carbocycles. The number of likely N-dealkylation sites (tertiary alicyclic amines) is 1. The van der Waals surface area contributed by atoms with Crippen molar-refractivity contribution in [2.45, 2.75) is 50.6 Å². The number of carbonyl (C=O) groups excluding carboxylic acids is 1. The Labute approximate surface area is 192 Å². The van der Waals surface area contributed by atoms with Gasteiger partial charge in [0.2, 0.25) is 5.95 Å². The maximum atomic E-state index is 12.5. The molecule has 2 fully saturated rings. The number of nitriles is 1. The zero-order valence-corrected chi connectivity index (χ0v) is 19.3. The highest BCUT2D eigenvalue weighted by Crippen LogP contribution is 2.31. The van der Waals surface area contributed by atoms with Gasteiger partial charge >= 0.3 is 0 Å². The Kier molecular flexibility index (Phi) is 7.63. The number of nitrogens with zero attached hydrogens (tertiary/aromatic N) is 6. The van der Waals surface area contributed by atoms with Gasteiger partial charge in [0.1, 0.15) is 5.69 Å². The molecule has 9 nitrogen and oxygen atoms in total. The average molecular weight is 455 g/mol. The third kappa shape index (κ3) is 5.59. The van der Waals surface area contributed by atoms with Crippen LogP contribution in [0.3, 0.4) is 0 Å². The second-order valence-electron chi connectivity index (χ2n) is 8.43. The fourth-order valence-electron chi connectivity index (χ4n) is 4.55. The van der Waals surface area contributed by atoms with Crippen LogP contribution >= 0.6 is 11.3 Å². The maximum Gasteiger partial charge on any atom is 0.270 e. The average Bonchev–Trinajstić information content (AvgIpc) is 3.56. The summed E-state index contributed by atoms with van der Waals surface area (Å²) in [5, 5.41) is 17.4. The minimum atomic E-state index is -0.165. The highest BCUT2D eigenvalue weighted by molar-refractivity contribution is 7.14.